The van der Waals surface area contributed by atoms with Gasteiger partial charge in [-0.3, -0.25) is 9.78 Å². The van der Waals surface area contributed by atoms with Crippen LogP contribution in [0.1, 0.15) is 46.1 Å². The minimum atomic E-state index is -0.860. The summed E-state index contributed by atoms with van der Waals surface area (Å²) in [5, 5.41) is 5.31. The molecule has 1 atom stereocenters. The van der Waals surface area contributed by atoms with E-state index in [0.29, 0.717) is 39.0 Å². The van der Waals surface area contributed by atoms with Crippen LogP contribution in [-0.2, 0) is 15.2 Å². The number of methoxy groups -OCH3 is 1. The second-order valence-corrected chi connectivity index (χ2v) is 9.22. The minimum absolute atomic E-state index is 0.0699. The van der Waals surface area contributed by atoms with Gasteiger partial charge in [-0.05, 0) is 62.2 Å². The van der Waals surface area contributed by atoms with Gasteiger partial charge in [0.15, 0.2) is 11.4 Å². The molecule has 2 heterocycles. The van der Waals surface area contributed by atoms with Crippen LogP contribution < -0.4 is 4.90 Å². The van der Waals surface area contributed by atoms with Gasteiger partial charge in [0.1, 0.15) is 0 Å². The number of aryl methyl sites for hydroxylation is 2. The summed E-state index contributed by atoms with van der Waals surface area (Å²) in [6.07, 6.45) is 2.43. The zero-order valence-corrected chi connectivity index (χ0v) is 21.0. The lowest BCUT2D eigenvalue weighted by Crippen LogP contribution is -2.38. The van der Waals surface area contributed by atoms with E-state index in [0.717, 1.165) is 16.0 Å². The number of halogens is 2. The standard InChI is InChI=1S/C25H22Cl2N4O4/c1-14-7-16(21-11-25(3,35-30-21)17-8-18(26)10-19(27)9-17)5-6-20(14)23(32)31(24(33)34-4)22-13-28-15(2)12-29-22/h5-10,12-13H,11H2,1-4H3. The van der Waals surface area contributed by atoms with Crippen LogP contribution in [0.4, 0.5) is 10.6 Å². The molecule has 0 bridgehead atoms. The summed E-state index contributed by atoms with van der Waals surface area (Å²) in [6.45, 7) is 5.44. The second-order valence-electron chi connectivity index (χ2n) is 8.35. The van der Waals surface area contributed by atoms with Crippen molar-refractivity contribution in [2.75, 3.05) is 12.0 Å². The molecular weight excluding hydrogens is 491 g/mol. The molecule has 1 aliphatic rings. The summed E-state index contributed by atoms with van der Waals surface area (Å²) in [6, 6.07) is 10.5. The highest BCUT2D eigenvalue weighted by atomic mass is 35.5. The van der Waals surface area contributed by atoms with Crippen LogP contribution in [0, 0.1) is 13.8 Å². The van der Waals surface area contributed by atoms with E-state index >= 15 is 0 Å². The number of hydrogen-bond donors (Lipinski definition) is 0. The fourth-order valence-electron chi connectivity index (χ4n) is 3.79. The van der Waals surface area contributed by atoms with Gasteiger partial charge in [0.05, 0.1) is 30.9 Å². The quantitative estimate of drug-likeness (QED) is 0.434. The lowest BCUT2D eigenvalue weighted by molar-refractivity contribution is -0.00737. The van der Waals surface area contributed by atoms with E-state index in [1.165, 1.54) is 19.5 Å². The molecule has 0 saturated carbocycles. The maximum atomic E-state index is 13.3. The molecule has 1 unspecified atom stereocenters. The van der Waals surface area contributed by atoms with Gasteiger partial charge in [0.2, 0.25) is 0 Å². The Balaban J connectivity index is 1.60. The molecule has 0 fully saturated rings. The fourth-order valence-corrected chi connectivity index (χ4v) is 4.31. The summed E-state index contributed by atoms with van der Waals surface area (Å²) in [5.74, 6) is -0.512. The van der Waals surface area contributed by atoms with Crippen molar-refractivity contribution in [3.63, 3.8) is 0 Å². The van der Waals surface area contributed by atoms with E-state index in [4.69, 9.17) is 32.8 Å². The molecule has 3 aromatic rings. The Bertz CT molecular complexity index is 1320. The Morgan fingerprint density at radius 1 is 1.06 bits per heavy atom. The number of carbonyl (C=O) groups excluding carboxylic acids is 2. The van der Waals surface area contributed by atoms with Crippen LogP contribution in [-0.4, -0.2) is 34.8 Å². The molecular formula is C25H22Cl2N4O4. The van der Waals surface area contributed by atoms with Gasteiger partial charge in [-0.25, -0.2) is 9.78 Å². The Morgan fingerprint density at radius 3 is 2.37 bits per heavy atom. The molecule has 8 nitrogen and oxygen atoms in total. The minimum Gasteiger partial charge on any atom is -0.452 e. The van der Waals surface area contributed by atoms with Gasteiger partial charge in [0.25, 0.3) is 5.91 Å². The Kier molecular flexibility index (Phi) is 6.78. The first-order valence-corrected chi connectivity index (χ1v) is 11.4. The number of amides is 2. The van der Waals surface area contributed by atoms with Crippen molar-refractivity contribution >= 4 is 46.7 Å². The van der Waals surface area contributed by atoms with Crippen molar-refractivity contribution in [1.82, 2.24) is 9.97 Å². The van der Waals surface area contributed by atoms with Crippen molar-refractivity contribution in [2.24, 2.45) is 5.16 Å². The molecule has 2 aromatic carbocycles. The number of anilines is 1. The third kappa shape index (κ3) is 4.99. The van der Waals surface area contributed by atoms with Gasteiger partial charge >= 0.3 is 6.09 Å². The Labute approximate surface area is 212 Å². The molecule has 0 radical (unpaired) electrons. The van der Waals surface area contributed by atoms with E-state index in [1.54, 1.807) is 44.2 Å². The zero-order valence-electron chi connectivity index (χ0n) is 19.5. The molecule has 2 amide bonds. The predicted molar refractivity (Wildman–Crippen MR) is 133 cm³/mol. The first-order valence-electron chi connectivity index (χ1n) is 10.6. The van der Waals surface area contributed by atoms with Gasteiger partial charge in [-0.2, -0.15) is 4.90 Å². The number of benzene rings is 2. The number of ether oxygens (including phenoxy) is 1. The molecule has 0 aliphatic carbocycles. The number of nitrogens with zero attached hydrogens (tertiary/aromatic N) is 4. The normalized spacial score (nSPS) is 16.9. The second kappa shape index (κ2) is 9.64. The topological polar surface area (TPSA) is 94.0 Å². The van der Waals surface area contributed by atoms with E-state index in [1.807, 2.05) is 13.0 Å². The number of carbonyl (C=O) groups is 2. The SMILES string of the molecule is COC(=O)N(C(=O)c1ccc(C2=NOC(C)(c3cc(Cl)cc(Cl)c3)C2)cc1C)c1cnc(C)cn1. The van der Waals surface area contributed by atoms with Crippen molar-refractivity contribution < 1.29 is 19.2 Å². The van der Waals surface area contributed by atoms with Gasteiger partial charge < -0.3 is 9.57 Å². The highest BCUT2D eigenvalue weighted by Crippen LogP contribution is 2.38. The molecule has 0 N–H and O–H groups in total. The molecule has 0 spiro atoms. The molecule has 1 aliphatic heterocycles. The third-order valence-corrected chi connectivity index (χ3v) is 6.12. The van der Waals surface area contributed by atoms with E-state index in [9.17, 15) is 9.59 Å². The summed E-state index contributed by atoms with van der Waals surface area (Å²) in [5.41, 5.74) is 3.17. The molecule has 10 heteroatoms. The highest BCUT2D eigenvalue weighted by molar-refractivity contribution is 6.34. The van der Waals surface area contributed by atoms with Crippen LogP contribution in [0.3, 0.4) is 0 Å². The van der Waals surface area contributed by atoms with Crippen LogP contribution in [0.25, 0.3) is 0 Å². The molecule has 35 heavy (non-hydrogen) atoms. The van der Waals surface area contributed by atoms with E-state index in [-0.39, 0.29) is 5.82 Å². The number of rotatable bonds is 4. The number of aromatic nitrogens is 2. The number of hydrogen-bond acceptors (Lipinski definition) is 7. The first kappa shape index (κ1) is 24.6. The van der Waals surface area contributed by atoms with Crippen LogP contribution >= 0.6 is 23.2 Å². The zero-order chi connectivity index (χ0) is 25.3. The van der Waals surface area contributed by atoms with Crippen molar-refractivity contribution in [1.29, 1.82) is 0 Å². The summed E-state index contributed by atoms with van der Waals surface area (Å²) in [7, 11) is 1.20. The summed E-state index contributed by atoms with van der Waals surface area (Å²) < 4.78 is 4.81. The highest BCUT2D eigenvalue weighted by Gasteiger charge is 2.37. The Morgan fingerprint density at radius 2 is 1.77 bits per heavy atom. The number of imide groups is 1. The molecule has 0 saturated heterocycles. The molecule has 180 valence electrons. The van der Waals surface area contributed by atoms with Crippen molar-refractivity contribution in [3.05, 3.63) is 86.8 Å². The average molecular weight is 513 g/mol. The fraction of sp³-hybridized carbons (Fsp3) is 0.240. The van der Waals surface area contributed by atoms with Crippen molar-refractivity contribution in [2.45, 2.75) is 32.8 Å². The van der Waals surface area contributed by atoms with Gasteiger partial charge in [-0.1, -0.05) is 34.4 Å². The maximum Gasteiger partial charge on any atom is 0.422 e. The van der Waals surface area contributed by atoms with E-state index in [2.05, 4.69) is 15.1 Å². The summed E-state index contributed by atoms with van der Waals surface area (Å²) in [4.78, 5) is 40.6. The van der Waals surface area contributed by atoms with Crippen LogP contribution in [0.2, 0.25) is 10.0 Å². The first-order chi connectivity index (χ1) is 16.6. The third-order valence-electron chi connectivity index (χ3n) is 5.68. The largest absolute Gasteiger partial charge is 0.452 e. The molecule has 4 rings (SSSR count). The van der Waals surface area contributed by atoms with Gasteiger partial charge in [-0.15, -0.1) is 0 Å². The Hall–Kier alpha value is -3.49. The average Bonchev–Trinajstić information content (AvgIpc) is 3.23. The predicted octanol–water partition coefficient (Wildman–Crippen LogP) is 5.85. The van der Waals surface area contributed by atoms with Crippen LogP contribution in [0.15, 0.2) is 53.9 Å². The lowest BCUT2D eigenvalue weighted by atomic mass is 9.88. The summed E-state index contributed by atoms with van der Waals surface area (Å²) >= 11 is 12.3. The number of oxime groups is 1. The monoisotopic (exact) mass is 512 g/mol. The smallest absolute Gasteiger partial charge is 0.422 e. The van der Waals surface area contributed by atoms with Gasteiger partial charge in [0, 0.05) is 27.6 Å². The van der Waals surface area contributed by atoms with Crippen LogP contribution in [0.5, 0.6) is 0 Å². The maximum absolute atomic E-state index is 13.3. The lowest BCUT2D eigenvalue weighted by Gasteiger charge is -2.22. The van der Waals surface area contributed by atoms with Crippen molar-refractivity contribution in [3.8, 4) is 0 Å². The van der Waals surface area contributed by atoms with E-state index < -0.39 is 17.6 Å². The molecule has 1 aromatic heterocycles.